The molecular formula is C18H21ClF2N2O3. The number of carbonyl (C=O) groups excluding carboxylic acids is 1. The van der Waals surface area contributed by atoms with Gasteiger partial charge in [0.05, 0.1) is 21.7 Å². The first-order valence-electron chi connectivity index (χ1n) is 8.31. The Labute approximate surface area is 155 Å². The van der Waals surface area contributed by atoms with Crippen molar-refractivity contribution in [2.75, 3.05) is 0 Å². The van der Waals surface area contributed by atoms with Gasteiger partial charge < -0.3 is 15.2 Å². The highest BCUT2D eigenvalue weighted by Crippen LogP contribution is 2.31. The molecule has 8 heteroatoms. The van der Waals surface area contributed by atoms with Crippen LogP contribution >= 0.6 is 11.6 Å². The summed E-state index contributed by atoms with van der Waals surface area (Å²) in [5.41, 5.74) is 0.0873. The Morgan fingerprint density at radius 1 is 1.42 bits per heavy atom. The van der Waals surface area contributed by atoms with Crippen LogP contribution in [0, 0.1) is 0 Å². The summed E-state index contributed by atoms with van der Waals surface area (Å²) in [7, 11) is 0. The van der Waals surface area contributed by atoms with Crippen molar-refractivity contribution in [3.63, 3.8) is 0 Å². The molecule has 0 unspecified atom stereocenters. The van der Waals surface area contributed by atoms with E-state index in [1.807, 2.05) is 0 Å². The second kappa shape index (κ2) is 7.32. The van der Waals surface area contributed by atoms with E-state index in [1.165, 1.54) is 18.3 Å². The first-order valence-corrected chi connectivity index (χ1v) is 8.69. The summed E-state index contributed by atoms with van der Waals surface area (Å²) in [6.07, 6.45) is 4.07. The van der Waals surface area contributed by atoms with E-state index in [2.05, 4.69) is 15.0 Å². The number of aromatic nitrogens is 1. The van der Waals surface area contributed by atoms with Crippen LogP contribution in [0.3, 0.4) is 0 Å². The fourth-order valence-electron chi connectivity index (χ4n) is 3.09. The van der Waals surface area contributed by atoms with Crippen molar-refractivity contribution in [2.24, 2.45) is 0 Å². The molecule has 1 aromatic heterocycles. The van der Waals surface area contributed by atoms with E-state index in [-0.39, 0.29) is 24.1 Å². The number of halogens is 3. The first-order chi connectivity index (χ1) is 12.2. The predicted octanol–water partition coefficient (Wildman–Crippen LogP) is 4.16. The van der Waals surface area contributed by atoms with Gasteiger partial charge in [0.25, 0.3) is 5.91 Å². The van der Waals surface area contributed by atoms with Crippen molar-refractivity contribution >= 4 is 28.4 Å². The van der Waals surface area contributed by atoms with Crippen molar-refractivity contribution in [1.82, 2.24) is 10.3 Å². The van der Waals surface area contributed by atoms with Gasteiger partial charge in [-0.25, -0.2) is 0 Å². The van der Waals surface area contributed by atoms with Gasteiger partial charge in [0, 0.05) is 25.1 Å². The summed E-state index contributed by atoms with van der Waals surface area (Å²) in [6, 6.07) is 4.36. The van der Waals surface area contributed by atoms with Gasteiger partial charge in [-0.2, -0.15) is 8.78 Å². The Morgan fingerprint density at radius 3 is 2.77 bits per heavy atom. The lowest BCUT2D eigenvalue weighted by molar-refractivity contribution is -0.0497. The zero-order valence-corrected chi connectivity index (χ0v) is 14.9. The molecule has 2 N–H and O–H groups in total. The van der Waals surface area contributed by atoms with E-state index in [1.54, 1.807) is 13.0 Å². The van der Waals surface area contributed by atoms with Crippen molar-refractivity contribution < 1.29 is 24.8 Å². The van der Waals surface area contributed by atoms with Crippen LogP contribution in [0.5, 0.6) is 5.75 Å². The van der Waals surface area contributed by atoms with E-state index in [0.717, 1.165) is 0 Å². The van der Waals surface area contributed by atoms with E-state index in [4.69, 9.17) is 11.6 Å². The largest absolute Gasteiger partial charge is 0.433 e. The number of nitrogens with zero attached hydrogens (tertiary/aromatic N) is 1. The Kier molecular flexibility index (Phi) is 5.29. The highest BCUT2D eigenvalue weighted by atomic mass is 35.5. The van der Waals surface area contributed by atoms with E-state index in [0.29, 0.717) is 42.1 Å². The third kappa shape index (κ3) is 4.40. The number of rotatable bonds is 4. The molecule has 1 saturated carbocycles. The van der Waals surface area contributed by atoms with Crippen LogP contribution in [0.1, 0.15) is 44.4 Å². The molecule has 3 rings (SSSR count). The second-order valence-electron chi connectivity index (χ2n) is 6.82. The van der Waals surface area contributed by atoms with Gasteiger partial charge in [0.2, 0.25) is 0 Å². The molecule has 0 bridgehead atoms. The predicted molar refractivity (Wildman–Crippen MR) is 95.8 cm³/mol. The molecule has 26 heavy (non-hydrogen) atoms. The minimum Gasteiger partial charge on any atom is -0.433 e. The average Bonchev–Trinajstić information content (AvgIpc) is 2.56. The molecule has 0 atom stereocenters. The van der Waals surface area contributed by atoms with Crippen molar-refractivity contribution in [1.29, 1.82) is 0 Å². The Balaban J connectivity index is 0.00000261. The standard InChI is InChI=1S/C18H19ClF2N2O3.H2/c1-18(25)4-2-12(3-5-18)23-16(24)11-6-10-7-13(19)15(26-17(20)21)8-14(10)22-9-11;/h6-9,12,17,25H,2-5H2,1H3,(H,23,24);1H. The monoisotopic (exact) mass is 386 g/mol. The second-order valence-corrected chi connectivity index (χ2v) is 7.23. The van der Waals surface area contributed by atoms with Crippen LogP contribution in [0.2, 0.25) is 5.02 Å². The lowest BCUT2D eigenvalue weighted by atomic mass is 9.83. The van der Waals surface area contributed by atoms with Crippen molar-refractivity contribution in [2.45, 2.75) is 50.9 Å². The number of nitrogens with one attached hydrogen (secondary N) is 1. The van der Waals surface area contributed by atoms with Gasteiger partial charge >= 0.3 is 6.61 Å². The summed E-state index contributed by atoms with van der Waals surface area (Å²) < 4.78 is 29.1. The summed E-state index contributed by atoms with van der Waals surface area (Å²) in [5.74, 6) is -0.428. The quantitative estimate of drug-likeness (QED) is 0.827. The number of ether oxygens (including phenoxy) is 1. The zero-order chi connectivity index (χ0) is 18.9. The first kappa shape index (κ1) is 18.8. The van der Waals surface area contributed by atoms with Crippen LogP contribution in [-0.2, 0) is 0 Å². The fourth-order valence-corrected chi connectivity index (χ4v) is 3.31. The normalized spacial score (nSPS) is 23.2. The molecule has 142 valence electrons. The molecule has 0 radical (unpaired) electrons. The molecule has 1 aromatic carbocycles. The number of pyridine rings is 1. The van der Waals surface area contributed by atoms with Crippen LogP contribution in [0.4, 0.5) is 8.78 Å². The lowest BCUT2D eigenvalue weighted by Gasteiger charge is -2.33. The van der Waals surface area contributed by atoms with Gasteiger partial charge in [0.1, 0.15) is 5.75 Å². The smallest absolute Gasteiger partial charge is 0.387 e. The highest BCUT2D eigenvalue weighted by Gasteiger charge is 2.29. The fraction of sp³-hybridized carbons (Fsp3) is 0.444. The molecule has 5 nitrogen and oxygen atoms in total. The zero-order valence-electron chi connectivity index (χ0n) is 14.1. The SMILES string of the molecule is CC1(O)CCC(NC(=O)c2cnc3cc(OC(F)F)c(Cl)cc3c2)CC1.[HH]. The molecule has 0 aliphatic heterocycles. The number of hydrogen-bond acceptors (Lipinski definition) is 4. The third-order valence-electron chi connectivity index (χ3n) is 4.61. The molecule has 1 aliphatic carbocycles. The number of carbonyl (C=O) groups is 1. The lowest BCUT2D eigenvalue weighted by Crippen LogP contribution is -2.42. The van der Waals surface area contributed by atoms with Gasteiger partial charge in [-0.05, 0) is 44.7 Å². The molecule has 0 saturated heterocycles. The number of amides is 1. The average molecular weight is 387 g/mol. The molecule has 1 aliphatic rings. The Hall–Kier alpha value is -1.99. The van der Waals surface area contributed by atoms with Crippen molar-refractivity contribution in [3.05, 3.63) is 35.0 Å². The van der Waals surface area contributed by atoms with Crippen molar-refractivity contribution in [3.8, 4) is 5.75 Å². The van der Waals surface area contributed by atoms with Gasteiger partial charge in [-0.3, -0.25) is 9.78 Å². The van der Waals surface area contributed by atoms with Gasteiger partial charge in [-0.1, -0.05) is 11.6 Å². The van der Waals surface area contributed by atoms with Crippen LogP contribution < -0.4 is 10.1 Å². The minimum absolute atomic E-state index is 0. The molecule has 1 fully saturated rings. The van der Waals surface area contributed by atoms with Crippen LogP contribution in [-0.4, -0.2) is 34.3 Å². The maximum absolute atomic E-state index is 12.4. The maximum atomic E-state index is 12.4. The van der Waals surface area contributed by atoms with E-state index in [9.17, 15) is 18.7 Å². The number of benzene rings is 1. The number of aliphatic hydroxyl groups is 1. The Morgan fingerprint density at radius 2 is 2.12 bits per heavy atom. The van der Waals surface area contributed by atoms with Crippen LogP contribution in [0.15, 0.2) is 24.4 Å². The molecule has 1 amide bonds. The molecule has 1 heterocycles. The number of hydrogen-bond donors (Lipinski definition) is 2. The summed E-state index contributed by atoms with van der Waals surface area (Å²) in [6.45, 7) is -1.18. The van der Waals surface area contributed by atoms with E-state index < -0.39 is 12.2 Å². The van der Waals surface area contributed by atoms with E-state index >= 15 is 0 Å². The maximum Gasteiger partial charge on any atom is 0.387 e. The number of fused-ring (bicyclic) bond motifs is 1. The summed E-state index contributed by atoms with van der Waals surface area (Å²) in [5, 5.41) is 13.5. The molecule has 0 spiro atoms. The number of alkyl halides is 2. The topological polar surface area (TPSA) is 71.5 Å². The molecule has 2 aromatic rings. The highest BCUT2D eigenvalue weighted by molar-refractivity contribution is 6.32. The third-order valence-corrected chi connectivity index (χ3v) is 4.91. The van der Waals surface area contributed by atoms with Gasteiger partial charge in [-0.15, -0.1) is 0 Å². The minimum atomic E-state index is -2.98. The summed E-state index contributed by atoms with van der Waals surface area (Å²) in [4.78, 5) is 16.6. The molecular weight excluding hydrogens is 366 g/mol. The Bertz CT molecular complexity index is 826. The summed E-state index contributed by atoms with van der Waals surface area (Å²) >= 11 is 5.95. The van der Waals surface area contributed by atoms with Gasteiger partial charge in [0.15, 0.2) is 0 Å². The van der Waals surface area contributed by atoms with Crippen LogP contribution in [0.25, 0.3) is 10.9 Å².